The number of sulfonamides is 1. The summed E-state index contributed by atoms with van der Waals surface area (Å²) in [5.74, 6) is 0.744. The summed E-state index contributed by atoms with van der Waals surface area (Å²) in [6, 6.07) is 12.6. The van der Waals surface area contributed by atoms with Crippen molar-refractivity contribution in [1.29, 1.82) is 0 Å². The zero-order valence-electron chi connectivity index (χ0n) is 17.7. The van der Waals surface area contributed by atoms with E-state index in [2.05, 4.69) is 23.9 Å². The summed E-state index contributed by atoms with van der Waals surface area (Å²) in [6.07, 6.45) is -0.684. The number of rotatable bonds is 9. The van der Waals surface area contributed by atoms with E-state index in [0.29, 0.717) is 11.7 Å². The Labute approximate surface area is 173 Å². The van der Waals surface area contributed by atoms with Crippen LogP contribution in [0.2, 0.25) is 0 Å². The summed E-state index contributed by atoms with van der Waals surface area (Å²) in [4.78, 5) is 12.4. The third kappa shape index (κ3) is 6.58. The second-order valence-electron chi connectivity index (χ2n) is 7.42. The molecule has 0 saturated carbocycles. The molecule has 0 saturated heterocycles. The van der Waals surface area contributed by atoms with Crippen molar-refractivity contribution in [3.05, 3.63) is 59.2 Å². The van der Waals surface area contributed by atoms with E-state index in [9.17, 15) is 13.2 Å². The number of ether oxygens (including phenoxy) is 1. The SMILES string of the molecule is Cc1ccc(S(=O)(=O)NCCNC(=O)C(C)Oc2ccc(C(C)C)cc2)cc1C. The van der Waals surface area contributed by atoms with Crippen molar-refractivity contribution in [3.8, 4) is 5.75 Å². The molecule has 1 atom stereocenters. The molecule has 0 spiro atoms. The van der Waals surface area contributed by atoms with E-state index < -0.39 is 16.1 Å². The molecule has 29 heavy (non-hydrogen) atoms. The van der Waals surface area contributed by atoms with E-state index in [0.717, 1.165) is 11.1 Å². The lowest BCUT2D eigenvalue weighted by Crippen LogP contribution is -2.40. The van der Waals surface area contributed by atoms with Crippen molar-refractivity contribution < 1.29 is 17.9 Å². The minimum atomic E-state index is -3.61. The molecule has 0 radical (unpaired) electrons. The van der Waals surface area contributed by atoms with Crippen molar-refractivity contribution >= 4 is 15.9 Å². The van der Waals surface area contributed by atoms with Crippen molar-refractivity contribution in [1.82, 2.24) is 10.0 Å². The largest absolute Gasteiger partial charge is 0.481 e. The van der Waals surface area contributed by atoms with Gasteiger partial charge in [0.15, 0.2) is 6.10 Å². The highest BCUT2D eigenvalue weighted by molar-refractivity contribution is 7.89. The maximum atomic E-state index is 12.3. The van der Waals surface area contributed by atoms with Gasteiger partial charge in [0.25, 0.3) is 5.91 Å². The first-order chi connectivity index (χ1) is 13.6. The van der Waals surface area contributed by atoms with Crippen LogP contribution in [0.3, 0.4) is 0 Å². The normalized spacial score (nSPS) is 12.6. The standard InChI is InChI=1S/C22H30N2O4S/c1-15(2)19-7-9-20(10-8-19)28-18(5)22(25)23-12-13-24-29(26,27)21-11-6-16(3)17(4)14-21/h6-11,14-15,18,24H,12-13H2,1-5H3,(H,23,25). The van der Waals surface area contributed by atoms with Crippen LogP contribution in [-0.2, 0) is 14.8 Å². The number of benzene rings is 2. The molecule has 7 heteroatoms. The number of carbonyl (C=O) groups is 1. The number of amides is 1. The van der Waals surface area contributed by atoms with Gasteiger partial charge in [-0.1, -0.05) is 32.0 Å². The first-order valence-electron chi connectivity index (χ1n) is 9.71. The highest BCUT2D eigenvalue weighted by atomic mass is 32.2. The van der Waals surface area contributed by atoms with Crippen molar-refractivity contribution in [2.24, 2.45) is 0 Å². The van der Waals surface area contributed by atoms with Crippen molar-refractivity contribution in [2.75, 3.05) is 13.1 Å². The predicted octanol–water partition coefficient (Wildman–Crippen LogP) is 3.29. The van der Waals surface area contributed by atoms with E-state index in [4.69, 9.17) is 4.74 Å². The lowest BCUT2D eigenvalue weighted by atomic mass is 10.0. The summed E-state index contributed by atoms with van der Waals surface area (Å²) in [6.45, 7) is 9.94. The molecule has 2 N–H and O–H groups in total. The molecule has 0 heterocycles. The second kappa shape index (κ2) is 9.89. The molecule has 1 amide bonds. The molecule has 0 aromatic heterocycles. The van der Waals surface area contributed by atoms with Crippen molar-refractivity contribution in [3.63, 3.8) is 0 Å². The van der Waals surface area contributed by atoms with E-state index in [1.54, 1.807) is 25.1 Å². The molecule has 2 aromatic carbocycles. The van der Waals surface area contributed by atoms with Gasteiger partial charge in [0.1, 0.15) is 5.75 Å². The zero-order chi connectivity index (χ0) is 21.6. The summed E-state index contributed by atoms with van der Waals surface area (Å²) >= 11 is 0. The molecule has 158 valence electrons. The molecule has 0 aliphatic rings. The molecule has 1 unspecified atom stereocenters. The van der Waals surface area contributed by atoms with E-state index >= 15 is 0 Å². The molecule has 0 bridgehead atoms. The fourth-order valence-corrected chi connectivity index (χ4v) is 3.78. The summed E-state index contributed by atoms with van der Waals surface area (Å²) in [5, 5.41) is 2.69. The van der Waals surface area contributed by atoms with Crippen LogP contribution < -0.4 is 14.8 Å². The van der Waals surface area contributed by atoms with Crippen molar-refractivity contribution in [2.45, 2.75) is 51.5 Å². The second-order valence-corrected chi connectivity index (χ2v) is 9.19. The topological polar surface area (TPSA) is 84.5 Å². The van der Waals surface area contributed by atoms with Gasteiger partial charge in [0.2, 0.25) is 10.0 Å². The van der Waals surface area contributed by atoms with Crippen LogP contribution in [-0.4, -0.2) is 33.5 Å². The third-order valence-electron chi connectivity index (χ3n) is 4.73. The van der Waals surface area contributed by atoms with Crippen LogP contribution in [0.4, 0.5) is 0 Å². The highest BCUT2D eigenvalue weighted by Gasteiger charge is 2.16. The van der Waals surface area contributed by atoms with Gasteiger partial charge in [0.05, 0.1) is 4.90 Å². The van der Waals surface area contributed by atoms with E-state index in [1.165, 1.54) is 5.56 Å². The summed E-state index contributed by atoms with van der Waals surface area (Å²) < 4.78 is 32.8. The van der Waals surface area contributed by atoms with E-state index in [1.807, 2.05) is 38.1 Å². The van der Waals surface area contributed by atoms with Gasteiger partial charge in [-0.2, -0.15) is 0 Å². The lowest BCUT2D eigenvalue weighted by Gasteiger charge is -2.16. The Morgan fingerprint density at radius 2 is 1.62 bits per heavy atom. The smallest absolute Gasteiger partial charge is 0.260 e. The Morgan fingerprint density at radius 3 is 2.21 bits per heavy atom. The van der Waals surface area contributed by atoms with Crippen LogP contribution in [0, 0.1) is 13.8 Å². The average molecular weight is 419 g/mol. The molecule has 2 rings (SSSR count). The average Bonchev–Trinajstić information content (AvgIpc) is 2.67. The molecule has 6 nitrogen and oxygen atoms in total. The maximum absolute atomic E-state index is 12.3. The van der Waals surface area contributed by atoms with Gasteiger partial charge < -0.3 is 10.1 Å². The van der Waals surface area contributed by atoms with Crippen LogP contribution in [0.1, 0.15) is 43.4 Å². The Balaban J connectivity index is 1.80. The molecule has 0 aliphatic carbocycles. The van der Waals surface area contributed by atoms with Gasteiger partial charge in [-0.15, -0.1) is 0 Å². The molecular weight excluding hydrogens is 388 g/mol. The van der Waals surface area contributed by atoms with E-state index in [-0.39, 0.29) is 23.9 Å². The van der Waals surface area contributed by atoms with Crippen LogP contribution in [0.5, 0.6) is 5.75 Å². The fraction of sp³-hybridized carbons (Fsp3) is 0.409. The van der Waals surface area contributed by atoms with Crippen LogP contribution >= 0.6 is 0 Å². The zero-order valence-corrected chi connectivity index (χ0v) is 18.5. The summed E-state index contributed by atoms with van der Waals surface area (Å²) in [5.41, 5.74) is 3.14. The number of hydrogen-bond donors (Lipinski definition) is 2. The quantitative estimate of drug-likeness (QED) is 0.612. The minimum Gasteiger partial charge on any atom is -0.481 e. The van der Waals surface area contributed by atoms with Gasteiger partial charge in [-0.3, -0.25) is 4.79 Å². The van der Waals surface area contributed by atoms with Crippen LogP contribution in [0.15, 0.2) is 47.4 Å². The fourth-order valence-electron chi connectivity index (χ4n) is 2.67. The van der Waals surface area contributed by atoms with Gasteiger partial charge in [-0.25, -0.2) is 13.1 Å². The van der Waals surface area contributed by atoms with Gasteiger partial charge in [-0.05, 0) is 67.6 Å². The monoisotopic (exact) mass is 418 g/mol. The molecular formula is C22H30N2O4S. The van der Waals surface area contributed by atoms with Crippen LogP contribution in [0.25, 0.3) is 0 Å². The number of carbonyl (C=O) groups excluding carboxylic acids is 1. The predicted molar refractivity (Wildman–Crippen MR) is 115 cm³/mol. The molecule has 2 aromatic rings. The molecule has 0 fully saturated rings. The molecule has 0 aliphatic heterocycles. The Kier molecular flexibility index (Phi) is 7.81. The first-order valence-corrected chi connectivity index (χ1v) is 11.2. The Morgan fingerprint density at radius 1 is 0.966 bits per heavy atom. The van der Waals surface area contributed by atoms with Gasteiger partial charge >= 0.3 is 0 Å². The maximum Gasteiger partial charge on any atom is 0.260 e. The summed E-state index contributed by atoms with van der Waals surface area (Å²) in [7, 11) is -3.61. The Bertz CT molecular complexity index is 938. The number of nitrogens with one attached hydrogen (secondary N) is 2. The number of hydrogen-bond acceptors (Lipinski definition) is 4. The first kappa shape index (κ1) is 22.9. The highest BCUT2D eigenvalue weighted by Crippen LogP contribution is 2.19. The van der Waals surface area contributed by atoms with Gasteiger partial charge in [0, 0.05) is 13.1 Å². The Hall–Kier alpha value is -2.38. The minimum absolute atomic E-state index is 0.0941. The number of aryl methyl sites for hydroxylation is 2. The lowest BCUT2D eigenvalue weighted by molar-refractivity contribution is -0.127. The third-order valence-corrected chi connectivity index (χ3v) is 6.19.